The van der Waals surface area contributed by atoms with E-state index in [1.165, 1.54) is 30.0 Å². The number of carbonyl (C=O) groups excluding carboxylic acids is 1. The lowest BCUT2D eigenvalue weighted by Gasteiger charge is -2.25. The number of rotatable bonds is 6. The van der Waals surface area contributed by atoms with Crippen LogP contribution in [0.5, 0.6) is 0 Å². The first-order valence-electron chi connectivity index (χ1n) is 9.54. The van der Waals surface area contributed by atoms with Crippen molar-refractivity contribution in [2.75, 3.05) is 6.61 Å². The number of hydrogen-bond donors (Lipinski definition) is 1. The van der Waals surface area contributed by atoms with Crippen molar-refractivity contribution in [3.05, 3.63) is 41.0 Å². The molecular weight excluding hydrogens is 359 g/mol. The summed E-state index contributed by atoms with van der Waals surface area (Å²) in [6.45, 7) is 16.9. The van der Waals surface area contributed by atoms with Gasteiger partial charge in [0.15, 0.2) is 5.78 Å². The van der Waals surface area contributed by atoms with Crippen LogP contribution in [-0.4, -0.2) is 17.3 Å². The fraction of sp³-hybridized carbons (Fsp3) is 0.591. The molecule has 0 fully saturated rings. The van der Waals surface area contributed by atoms with Gasteiger partial charge in [-0.05, 0) is 33.6 Å². The lowest BCUT2D eigenvalue weighted by molar-refractivity contribution is -0.116. The molecule has 0 aliphatic heterocycles. The molecule has 0 amide bonds. The number of carbonyl (C=O) groups is 1. The summed E-state index contributed by atoms with van der Waals surface area (Å²) in [6.07, 6.45) is 5.75. The van der Waals surface area contributed by atoms with Gasteiger partial charge in [-0.1, -0.05) is 92.5 Å². The second kappa shape index (κ2) is 11.6. The van der Waals surface area contributed by atoms with Gasteiger partial charge < -0.3 is 9.42 Å². The molecule has 1 N–H and O–H groups in total. The highest BCUT2D eigenvalue weighted by atomic mass is 31.1. The Hall–Kier alpha value is -1.22. The quantitative estimate of drug-likeness (QED) is 0.468. The third-order valence-electron chi connectivity index (χ3n) is 3.99. The van der Waals surface area contributed by atoms with Gasteiger partial charge in [-0.25, -0.2) is 0 Å². The molecule has 154 valence electrons. The molecule has 0 radical (unpaired) electrons. The van der Waals surface area contributed by atoms with Gasteiger partial charge >= 0.3 is 8.25 Å². The first kappa shape index (κ1) is 25.8. The van der Waals surface area contributed by atoms with Gasteiger partial charge in [0.2, 0.25) is 0 Å². The molecule has 0 bridgehead atoms. The molecule has 1 rings (SSSR count). The third kappa shape index (κ3) is 11.3. The van der Waals surface area contributed by atoms with Crippen LogP contribution in [-0.2, 0) is 24.7 Å². The minimum Gasteiger partial charge on any atom is -0.326 e. The molecule has 4 nitrogen and oxygen atoms in total. The van der Waals surface area contributed by atoms with Crippen LogP contribution in [0.3, 0.4) is 0 Å². The van der Waals surface area contributed by atoms with Crippen LogP contribution < -0.4 is 0 Å². The molecule has 0 heterocycles. The Morgan fingerprint density at radius 2 is 1.44 bits per heavy atom. The van der Waals surface area contributed by atoms with Crippen LogP contribution in [0.4, 0.5) is 0 Å². The van der Waals surface area contributed by atoms with E-state index in [-0.39, 0.29) is 23.2 Å². The zero-order valence-corrected chi connectivity index (χ0v) is 19.2. The molecule has 1 aromatic rings. The summed E-state index contributed by atoms with van der Waals surface area (Å²) >= 11 is 0. The van der Waals surface area contributed by atoms with Gasteiger partial charge in [0, 0.05) is 0 Å². The van der Waals surface area contributed by atoms with Crippen molar-refractivity contribution in [1.82, 2.24) is 0 Å². The summed E-state index contributed by atoms with van der Waals surface area (Å²) in [7, 11) is -3.07. The average molecular weight is 397 g/mol. The van der Waals surface area contributed by atoms with Crippen LogP contribution in [0.15, 0.2) is 24.3 Å². The molecule has 1 atom stereocenters. The molecule has 5 heteroatoms. The normalized spacial score (nSPS) is 13.2. The molecule has 1 aromatic carbocycles. The topological polar surface area (TPSA) is 63.6 Å². The van der Waals surface area contributed by atoms with Gasteiger partial charge in [0.05, 0.1) is 0 Å². The number of ketones is 1. The summed E-state index contributed by atoms with van der Waals surface area (Å²) in [5.41, 5.74) is 3.36. The predicted octanol–water partition coefficient (Wildman–Crippen LogP) is 6.07. The van der Waals surface area contributed by atoms with Crippen LogP contribution in [0.25, 0.3) is 6.08 Å². The standard InChI is InChI=1S/C18H27O4P.C4H10/c1-17(2,3)14-9-13(10-15(11-14)18(4,5)6)7-8-16(19)12-22-23(20)21;1-3-4-2/h7-11,23H,12H2,1-6H3,(H,20,21);3-4H2,1-2H3/b8-7+;. The van der Waals surface area contributed by atoms with E-state index < -0.39 is 8.25 Å². The zero-order chi connectivity index (χ0) is 21.3. The highest BCUT2D eigenvalue weighted by Gasteiger charge is 2.20. The van der Waals surface area contributed by atoms with E-state index in [1.54, 1.807) is 6.08 Å². The smallest absolute Gasteiger partial charge is 0.317 e. The Balaban J connectivity index is 0.00000153. The van der Waals surface area contributed by atoms with E-state index in [0.717, 1.165) is 5.56 Å². The van der Waals surface area contributed by atoms with Crippen molar-refractivity contribution in [3.8, 4) is 0 Å². The molecule has 1 unspecified atom stereocenters. The molecule has 0 saturated heterocycles. The van der Waals surface area contributed by atoms with E-state index in [0.29, 0.717) is 0 Å². The Bertz CT molecular complexity index is 615. The lowest BCUT2D eigenvalue weighted by Crippen LogP contribution is -2.16. The van der Waals surface area contributed by atoms with E-state index in [2.05, 4.69) is 78.1 Å². The molecule has 0 aromatic heterocycles. The van der Waals surface area contributed by atoms with Crippen molar-refractivity contribution < 1.29 is 18.8 Å². The molecule has 0 aliphatic carbocycles. The summed E-state index contributed by atoms with van der Waals surface area (Å²) in [6, 6.07) is 6.34. The van der Waals surface area contributed by atoms with E-state index in [9.17, 15) is 9.36 Å². The van der Waals surface area contributed by atoms with Crippen LogP contribution in [0, 0.1) is 0 Å². The van der Waals surface area contributed by atoms with Gasteiger partial charge in [-0.2, -0.15) is 0 Å². The Morgan fingerprint density at radius 3 is 1.78 bits per heavy atom. The average Bonchev–Trinajstić information content (AvgIpc) is 2.56. The predicted molar refractivity (Wildman–Crippen MR) is 116 cm³/mol. The monoisotopic (exact) mass is 396 g/mol. The Labute approximate surface area is 166 Å². The van der Waals surface area contributed by atoms with Gasteiger partial charge in [-0.3, -0.25) is 9.36 Å². The van der Waals surface area contributed by atoms with Crippen LogP contribution in [0.2, 0.25) is 0 Å². The number of unbranched alkanes of at least 4 members (excludes halogenated alkanes) is 1. The third-order valence-corrected chi connectivity index (χ3v) is 4.38. The summed E-state index contributed by atoms with van der Waals surface area (Å²) in [5, 5.41) is 0. The van der Waals surface area contributed by atoms with Crippen molar-refractivity contribution in [2.45, 2.75) is 79.1 Å². The second-order valence-electron chi connectivity index (χ2n) is 8.70. The molecule has 0 spiro atoms. The van der Waals surface area contributed by atoms with E-state index in [1.807, 2.05) is 0 Å². The van der Waals surface area contributed by atoms with Gasteiger partial charge in [0.25, 0.3) is 0 Å². The highest BCUT2D eigenvalue weighted by Crippen LogP contribution is 2.30. The van der Waals surface area contributed by atoms with E-state index in [4.69, 9.17) is 4.89 Å². The van der Waals surface area contributed by atoms with Gasteiger partial charge in [0.1, 0.15) is 6.61 Å². The minimum atomic E-state index is -3.07. The maximum atomic E-state index is 11.6. The van der Waals surface area contributed by atoms with Crippen molar-refractivity contribution in [3.63, 3.8) is 0 Å². The fourth-order valence-electron chi connectivity index (χ4n) is 1.98. The van der Waals surface area contributed by atoms with Gasteiger partial charge in [-0.15, -0.1) is 0 Å². The number of hydrogen-bond acceptors (Lipinski definition) is 3. The first-order valence-corrected chi connectivity index (χ1v) is 10.8. The number of benzene rings is 1. The van der Waals surface area contributed by atoms with Crippen molar-refractivity contribution >= 4 is 20.1 Å². The SMILES string of the molecule is CC(C)(C)c1cc(/C=C/C(=O)CO[PH](=O)O)cc(C(C)(C)C)c1.CCCC. The van der Waals surface area contributed by atoms with Crippen molar-refractivity contribution in [1.29, 1.82) is 0 Å². The highest BCUT2D eigenvalue weighted by molar-refractivity contribution is 7.32. The molecule has 27 heavy (non-hydrogen) atoms. The second-order valence-corrected chi connectivity index (χ2v) is 9.52. The van der Waals surface area contributed by atoms with Crippen LogP contribution >= 0.6 is 8.25 Å². The Morgan fingerprint density at radius 1 is 1.00 bits per heavy atom. The largest absolute Gasteiger partial charge is 0.326 e. The zero-order valence-electron chi connectivity index (χ0n) is 18.2. The van der Waals surface area contributed by atoms with E-state index >= 15 is 0 Å². The van der Waals surface area contributed by atoms with Crippen LogP contribution in [0.1, 0.15) is 84.9 Å². The maximum absolute atomic E-state index is 11.6. The minimum absolute atomic E-state index is 0.00768. The molecular formula is C22H37O4P. The maximum Gasteiger partial charge on any atom is 0.317 e. The summed E-state index contributed by atoms with van der Waals surface area (Å²) in [4.78, 5) is 20.2. The molecule has 0 saturated carbocycles. The molecule has 0 aliphatic rings. The Kier molecular flexibility index (Phi) is 11.1. The first-order chi connectivity index (χ1) is 12.3. The fourth-order valence-corrected chi connectivity index (χ4v) is 2.25. The lowest BCUT2D eigenvalue weighted by atomic mass is 9.79. The summed E-state index contributed by atoms with van der Waals surface area (Å²) < 4.78 is 14.9. The van der Waals surface area contributed by atoms with Crippen molar-refractivity contribution in [2.24, 2.45) is 0 Å². The summed E-state index contributed by atoms with van der Waals surface area (Å²) in [5.74, 6) is -0.337.